The van der Waals surface area contributed by atoms with Gasteiger partial charge in [-0.1, -0.05) is 44.2 Å². The van der Waals surface area contributed by atoms with Crippen molar-refractivity contribution in [3.05, 3.63) is 65.6 Å². The molecule has 0 amide bonds. The number of carboxylic acid groups (broad SMARTS) is 1. The third kappa shape index (κ3) is 2.68. The van der Waals surface area contributed by atoms with Crippen LogP contribution >= 0.6 is 0 Å². The molecule has 116 valence electrons. The zero-order valence-electron chi connectivity index (χ0n) is 12.9. The number of benzene rings is 2. The second-order valence-electron chi connectivity index (χ2n) is 5.73. The normalized spacial score (nSPS) is 11.1. The van der Waals surface area contributed by atoms with Gasteiger partial charge in [-0.3, -0.25) is 4.98 Å². The fourth-order valence-electron chi connectivity index (χ4n) is 2.78. The Bertz CT molecular complexity index is 886. The summed E-state index contributed by atoms with van der Waals surface area (Å²) in [7, 11) is 0. The van der Waals surface area contributed by atoms with E-state index in [2.05, 4.69) is 4.98 Å². The highest BCUT2D eigenvalue weighted by molar-refractivity contribution is 6.07. The van der Waals surface area contributed by atoms with Gasteiger partial charge >= 0.3 is 5.97 Å². The Kier molecular flexibility index (Phi) is 3.82. The lowest BCUT2D eigenvalue weighted by Crippen LogP contribution is -2.10. The Morgan fingerprint density at radius 2 is 1.74 bits per heavy atom. The monoisotopic (exact) mass is 309 g/mol. The molecule has 0 aliphatic rings. The summed E-state index contributed by atoms with van der Waals surface area (Å²) in [6.07, 6.45) is 0. The summed E-state index contributed by atoms with van der Waals surface area (Å²) in [5, 5.41) is 10.5. The van der Waals surface area contributed by atoms with Crippen LogP contribution in [0.4, 0.5) is 4.39 Å². The van der Waals surface area contributed by atoms with Crippen LogP contribution in [0.1, 0.15) is 35.8 Å². The number of rotatable bonds is 3. The van der Waals surface area contributed by atoms with E-state index in [9.17, 15) is 14.3 Å². The van der Waals surface area contributed by atoms with Gasteiger partial charge in [0.2, 0.25) is 0 Å². The highest BCUT2D eigenvalue weighted by atomic mass is 19.1. The topological polar surface area (TPSA) is 50.2 Å². The van der Waals surface area contributed by atoms with E-state index in [1.54, 1.807) is 12.1 Å². The van der Waals surface area contributed by atoms with Crippen LogP contribution in [-0.4, -0.2) is 16.1 Å². The molecule has 1 aromatic heterocycles. The highest BCUT2D eigenvalue weighted by Crippen LogP contribution is 2.35. The first-order chi connectivity index (χ1) is 11.0. The molecule has 0 saturated carbocycles. The van der Waals surface area contributed by atoms with Gasteiger partial charge in [0.25, 0.3) is 0 Å². The van der Waals surface area contributed by atoms with Crippen molar-refractivity contribution in [3.8, 4) is 11.1 Å². The van der Waals surface area contributed by atoms with E-state index in [0.29, 0.717) is 16.8 Å². The molecule has 0 spiro atoms. The van der Waals surface area contributed by atoms with Gasteiger partial charge in [0.1, 0.15) is 5.82 Å². The fourth-order valence-corrected chi connectivity index (χ4v) is 2.78. The first-order valence-corrected chi connectivity index (χ1v) is 7.41. The minimum atomic E-state index is -1.02. The molecule has 23 heavy (non-hydrogen) atoms. The number of aromatic nitrogens is 1. The molecule has 0 fully saturated rings. The molecular weight excluding hydrogens is 293 g/mol. The van der Waals surface area contributed by atoms with E-state index < -0.39 is 5.97 Å². The van der Waals surface area contributed by atoms with Crippen molar-refractivity contribution in [2.24, 2.45) is 0 Å². The van der Waals surface area contributed by atoms with E-state index in [4.69, 9.17) is 0 Å². The van der Waals surface area contributed by atoms with Crippen LogP contribution < -0.4 is 0 Å². The van der Waals surface area contributed by atoms with Gasteiger partial charge in [0.05, 0.1) is 16.8 Å². The average molecular weight is 309 g/mol. The quantitative estimate of drug-likeness (QED) is 0.751. The fraction of sp³-hybridized carbons (Fsp3) is 0.158. The minimum absolute atomic E-state index is 0.0371. The average Bonchev–Trinajstić information content (AvgIpc) is 2.53. The van der Waals surface area contributed by atoms with Gasteiger partial charge < -0.3 is 5.11 Å². The van der Waals surface area contributed by atoms with Crippen molar-refractivity contribution < 1.29 is 14.3 Å². The number of hydrogen-bond donors (Lipinski definition) is 1. The van der Waals surface area contributed by atoms with E-state index in [1.807, 2.05) is 38.1 Å². The Labute approximate surface area is 133 Å². The van der Waals surface area contributed by atoms with Gasteiger partial charge in [0.15, 0.2) is 0 Å². The van der Waals surface area contributed by atoms with Gasteiger partial charge in [-0.15, -0.1) is 0 Å². The Morgan fingerprint density at radius 3 is 2.35 bits per heavy atom. The van der Waals surface area contributed by atoms with Gasteiger partial charge in [-0.05, 0) is 29.7 Å². The molecule has 1 N–H and O–H groups in total. The van der Waals surface area contributed by atoms with Crippen molar-refractivity contribution in [3.63, 3.8) is 0 Å². The Balaban J connectivity index is 2.47. The molecule has 0 unspecified atom stereocenters. The van der Waals surface area contributed by atoms with Crippen LogP contribution in [0.3, 0.4) is 0 Å². The zero-order valence-corrected chi connectivity index (χ0v) is 12.9. The molecule has 3 aromatic rings. The van der Waals surface area contributed by atoms with Crippen molar-refractivity contribution in [2.45, 2.75) is 19.8 Å². The molecular formula is C19H16FNO2. The lowest BCUT2D eigenvalue weighted by molar-refractivity contribution is 0.0695. The number of carbonyl (C=O) groups is 1. The Morgan fingerprint density at radius 1 is 1.09 bits per heavy atom. The van der Waals surface area contributed by atoms with Crippen LogP contribution in [0.25, 0.3) is 22.0 Å². The third-order valence-corrected chi connectivity index (χ3v) is 3.81. The van der Waals surface area contributed by atoms with E-state index in [0.717, 1.165) is 10.9 Å². The molecule has 0 radical (unpaired) electrons. The molecule has 0 saturated heterocycles. The third-order valence-electron chi connectivity index (χ3n) is 3.81. The molecule has 4 heteroatoms. The second-order valence-corrected chi connectivity index (χ2v) is 5.73. The predicted molar refractivity (Wildman–Crippen MR) is 88.2 cm³/mol. The van der Waals surface area contributed by atoms with E-state index in [1.165, 1.54) is 12.1 Å². The summed E-state index contributed by atoms with van der Waals surface area (Å²) in [5.41, 5.74) is 2.72. The number of aromatic carboxylic acids is 1. The number of fused-ring (bicyclic) bond motifs is 1. The summed E-state index contributed by atoms with van der Waals surface area (Å²) in [4.78, 5) is 16.5. The van der Waals surface area contributed by atoms with Crippen molar-refractivity contribution in [1.82, 2.24) is 4.98 Å². The van der Waals surface area contributed by atoms with Crippen LogP contribution in [-0.2, 0) is 0 Å². The van der Waals surface area contributed by atoms with Crippen LogP contribution in [0.15, 0.2) is 48.5 Å². The maximum absolute atomic E-state index is 13.3. The first kappa shape index (κ1) is 15.2. The van der Waals surface area contributed by atoms with Crippen molar-refractivity contribution in [2.75, 3.05) is 0 Å². The number of carboxylic acids is 1. The molecule has 0 bridgehead atoms. The SMILES string of the molecule is CC(C)c1nc2ccccc2c(-c2ccc(F)cc2)c1C(=O)O. The molecule has 3 nitrogen and oxygen atoms in total. The molecule has 3 rings (SSSR count). The summed E-state index contributed by atoms with van der Waals surface area (Å²) in [5.74, 6) is -1.41. The number of para-hydroxylation sites is 1. The predicted octanol–water partition coefficient (Wildman–Crippen LogP) is 4.86. The standard InChI is InChI=1S/C19H16FNO2/c1-11(2)18-17(19(22)23)16(12-7-9-13(20)10-8-12)14-5-3-4-6-15(14)21-18/h3-11H,1-2H3,(H,22,23). The zero-order chi connectivity index (χ0) is 16.6. The largest absolute Gasteiger partial charge is 0.478 e. The van der Waals surface area contributed by atoms with Crippen LogP contribution in [0.5, 0.6) is 0 Å². The maximum atomic E-state index is 13.3. The Hall–Kier alpha value is -2.75. The second kappa shape index (κ2) is 5.80. The van der Waals surface area contributed by atoms with Gasteiger partial charge in [-0.25, -0.2) is 9.18 Å². The lowest BCUT2D eigenvalue weighted by Gasteiger charge is -2.16. The van der Waals surface area contributed by atoms with Gasteiger partial charge in [0, 0.05) is 10.9 Å². The maximum Gasteiger partial charge on any atom is 0.338 e. The van der Waals surface area contributed by atoms with E-state index in [-0.39, 0.29) is 17.3 Å². The minimum Gasteiger partial charge on any atom is -0.478 e. The molecule has 0 aliphatic carbocycles. The molecule has 0 atom stereocenters. The van der Waals surface area contributed by atoms with Crippen LogP contribution in [0, 0.1) is 5.82 Å². The number of halogens is 1. The first-order valence-electron chi connectivity index (χ1n) is 7.41. The summed E-state index contributed by atoms with van der Waals surface area (Å²) in [6, 6.07) is 13.3. The molecule has 2 aromatic carbocycles. The van der Waals surface area contributed by atoms with E-state index >= 15 is 0 Å². The smallest absolute Gasteiger partial charge is 0.338 e. The van der Waals surface area contributed by atoms with Crippen molar-refractivity contribution >= 4 is 16.9 Å². The van der Waals surface area contributed by atoms with Crippen molar-refractivity contribution in [1.29, 1.82) is 0 Å². The summed E-state index contributed by atoms with van der Waals surface area (Å²) in [6.45, 7) is 3.83. The molecule has 0 aliphatic heterocycles. The summed E-state index contributed by atoms with van der Waals surface area (Å²) >= 11 is 0. The number of hydrogen-bond acceptors (Lipinski definition) is 2. The number of nitrogens with zero attached hydrogens (tertiary/aromatic N) is 1. The molecule has 1 heterocycles. The highest BCUT2D eigenvalue weighted by Gasteiger charge is 2.23. The summed E-state index contributed by atoms with van der Waals surface area (Å²) < 4.78 is 13.3. The van der Waals surface area contributed by atoms with Gasteiger partial charge in [-0.2, -0.15) is 0 Å². The lowest BCUT2D eigenvalue weighted by atomic mass is 9.91. The van der Waals surface area contributed by atoms with Crippen LogP contribution in [0.2, 0.25) is 0 Å². The number of pyridine rings is 1.